The van der Waals surface area contributed by atoms with Gasteiger partial charge in [-0.1, -0.05) is 0 Å². The molecule has 1 saturated heterocycles. The van der Waals surface area contributed by atoms with Gasteiger partial charge in [-0.05, 0) is 49.9 Å². The molecule has 10 nitrogen and oxygen atoms in total. The van der Waals surface area contributed by atoms with Crippen molar-refractivity contribution >= 4 is 21.7 Å². The van der Waals surface area contributed by atoms with Gasteiger partial charge in [0.25, 0.3) is 5.91 Å². The number of nitrogens with one attached hydrogen (secondary N) is 1. The molecule has 3 N–H and O–H groups in total. The first-order valence-corrected chi connectivity index (χ1v) is 10.7. The maximum absolute atomic E-state index is 13.1. The third-order valence-electron chi connectivity index (χ3n) is 4.88. The summed E-state index contributed by atoms with van der Waals surface area (Å²) >= 11 is 0. The van der Waals surface area contributed by atoms with E-state index in [-0.39, 0.29) is 43.3 Å². The Bertz CT molecular complexity index is 802. The zero-order chi connectivity index (χ0) is 21.5. The number of ether oxygens (including phenoxy) is 2. The Hall–Kier alpha value is -2.21. The lowest BCUT2D eigenvalue weighted by Gasteiger charge is -2.34. The summed E-state index contributed by atoms with van der Waals surface area (Å²) in [7, 11) is -2.81. The zero-order valence-electron chi connectivity index (χ0n) is 16.2. The maximum atomic E-state index is 13.1. The van der Waals surface area contributed by atoms with Crippen molar-refractivity contribution in [1.82, 2.24) is 10.5 Å². The summed E-state index contributed by atoms with van der Waals surface area (Å²) in [4.78, 5) is 23.4. The van der Waals surface area contributed by atoms with Gasteiger partial charge in [-0.3, -0.25) is 20.0 Å². The highest BCUT2D eigenvalue weighted by Crippen LogP contribution is 2.35. The zero-order valence-corrected chi connectivity index (χ0v) is 17.0. The number of unbranched alkanes of at least 4 members (excludes halogenated alkanes) is 1. The fraction of sp³-hybridized carbons (Fsp3) is 0.556. The van der Waals surface area contributed by atoms with Gasteiger partial charge in [0, 0.05) is 26.7 Å². The summed E-state index contributed by atoms with van der Waals surface area (Å²) in [6.45, 7) is 0.521. The minimum atomic E-state index is -4.07. The number of amides is 2. The molecule has 1 aliphatic heterocycles. The summed E-state index contributed by atoms with van der Waals surface area (Å²) in [6.07, 6.45) is 1.21. The Labute approximate surface area is 169 Å². The van der Waals surface area contributed by atoms with Crippen molar-refractivity contribution in [3.05, 3.63) is 24.3 Å². The molecule has 1 heterocycles. The van der Waals surface area contributed by atoms with Gasteiger partial charge in [-0.2, -0.15) is 0 Å². The highest BCUT2D eigenvalue weighted by atomic mass is 32.2. The Morgan fingerprint density at radius 1 is 1.21 bits per heavy atom. The van der Waals surface area contributed by atoms with Crippen molar-refractivity contribution in [3.8, 4) is 5.75 Å². The number of sulfone groups is 1. The molecule has 29 heavy (non-hydrogen) atoms. The van der Waals surface area contributed by atoms with Crippen molar-refractivity contribution in [2.75, 3.05) is 26.9 Å². The molecule has 0 atom stereocenters. The van der Waals surface area contributed by atoms with E-state index in [0.29, 0.717) is 30.3 Å². The van der Waals surface area contributed by atoms with Crippen molar-refractivity contribution in [2.45, 2.75) is 41.7 Å². The number of hydrogen-bond donors (Lipinski definition) is 3. The lowest BCUT2D eigenvalue weighted by molar-refractivity contribution is -0.159. The summed E-state index contributed by atoms with van der Waals surface area (Å²) < 4.78 is 35.2. The van der Waals surface area contributed by atoms with Crippen LogP contribution in [-0.2, 0) is 24.2 Å². The highest BCUT2D eigenvalue weighted by Gasteiger charge is 2.52. The lowest BCUT2D eigenvalue weighted by atomic mass is 9.98. The van der Waals surface area contributed by atoms with Crippen LogP contribution in [-0.4, -0.2) is 67.3 Å². The second kappa shape index (κ2) is 10.0. The molecule has 0 saturated carbocycles. The smallest absolute Gasteiger partial charge is 0.265 e. The van der Waals surface area contributed by atoms with Crippen LogP contribution in [0, 0.1) is 0 Å². The van der Waals surface area contributed by atoms with Gasteiger partial charge in [0.05, 0.1) is 11.5 Å². The Kier molecular flexibility index (Phi) is 7.96. The quantitative estimate of drug-likeness (QED) is 0.298. The first-order valence-electron chi connectivity index (χ1n) is 9.20. The molecule has 1 aliphatic rings. The Balaban J connectivity index is 2.01. The van der Waals surface area contributed by atoms with Crippen molar-refractivity contribution < 1.29 is 37.9 Å². The number of carbonyl (C=O) groups is 2. The van der Waals surface area contributed by atoms with Gasteiger partial charge in [0.1, 0.15) is 5.75 Å². The molecule has 0 spiro atoms. The second-order valence-electron chi connectivity index (χ2n) is 6.75. The number of hydroxylamine groups is 3. The van der Waals surface area contributed by atoms with Crippen LogP contribution in [0.1, 0.15) is 32.1 Å². The predicted octanol–water partition coefficient (Wildman–Crippen LogP) is 0.912. The molecule has 1 fully saturated rings. The first-order chi connectivity index (χ1) is 13.7. The van der Waals surface area contributed by atoms with E-state index in [1.165, 1.54) is 36.8 Å². The SMILES string of the molecule is CN(O)C(=O)CCCCOc1ccc(S(=O)(=O)C2(C(=O)NO)CCOCC2)cc1. The molecule has 0 unspecified atom stereocenters. The highest BCUT2D eigenvalue weighted by molar-refractivity contribution is 7.93. The maximum Gasteiger partial charge on any atom is 0.265 e. The molecular weight excluding hydrogens is 404 g/mol. The van der Waals surface area contributed by atoms with Gasteiger partial charge in [-0.25, -0.2) is 19.0 Å². The lowest BCUT2D eigenvalue weighted by Crippen LogP contribution is -2.54. The minimum absolute atomic E-state index is 0.0491. The van der Waals surface area contributed by atoms with E-state index in [9.17, 15) is 18.0 Å². The van der Waals surface area contributed by atoms with Gasteiger partial charge >= 0.3 is 0 Å². The van der Waals surface area contributed by atoms with E-state index < -0.39 is 20.5 Å². The number of nitrogens with zero attached hydrogens (tertiary/aromatic N) is 1. The van der Waals surface area contributed by atoms with E-state index in [1.807, 2.05) is 0 Å². The van der Waals surface area contributed by atoms with E-state index in [0.717, 1.165) is 0 Å². The molecule has 2 amide bonds. The molecule has 11 heteroatoms. The van der Waals surface area contributed by atoms with Crippen LogP contribution in [0.2, 0.25) is 0 Å². The molecule has 0 bridgehead atoms. The van der Waals surface area contributed by atoms with Gasteiger partial charge in [0.2, 0.25) is 5.91 Å². The van der Waals surface area contributed by atoms with E-state index in [4.69, 9.17) is 19.9 Å². The standard InChI is InChI=1S/C18H26N2O8S/c1-20(24)16(21)4-2-3-11-28-14-5-7-15(8-6-14)29(25,26)18(17(22)19-23)9-12-27-13-10-18/h5-8,23-24H,2-4,9-13H2,1H3,(H,19,22). The predicted molar refractivity (Wildman–Crippen MR) is 100 cm³/mol. The van der Waals surface area contributed by atoms with Gasteiger partial charge in [-0.15, -0.1) is 0 Å². The van der Waals surface area contributed by atoms with Crippen molar-refractivity contribution in [2.24, 2.45) is 0 Å². The average Bonchev–Trinajstić information content (AvgIpc) is 2.73. The molecule has 2 rings (SSSR count). The van der Waals surface area contributed by atoms with Crippen LogP contribution < -0.4 is 10.2 Å². The molecule has 1 aromatic rings. The Morgan fingerprint density at radius 2 is 1.83 bits per heavy atom. The molecule has 0 radical (unpaired) electrons. The first kappa shape index (κ1) is 23.1. The normalized spacial score (nSPS) is 16.1. The summed E-state index contributed by atoms with van der Waals surface area (Å²) in [5.41, 5.74) is 1.48. The summed E-state index contributed by atoms with van der Waals surface area (Å²) in [5, 5.41) is 18.6. The Morgan fingerprint density at radius 3 is 2.38 bits per heavy atom. The van der Waals surface area contributed by atoms with Crippen molar-refractivity contribution in [1.29, 1.82) is 0 Å². The molecule has 1 aromatic carbocycles. The number of hydrogen-bond acceptors (Lipinski definition) is 8. The fourth-order valence-corrected chi connectivity index (χ4v) is 5.03. The molecule has 0 aromatic heterocycles. The summed E-state index contributed by atoms with van der Waals surface area (Å²) in [5.74, 6) is -0.903. The van der Waals surface area contributed by atoms with Crippen LogP contribution >= 0.6 is 0 Å². The van der Waals surface area contributed by atoms with E-state index in [2.05, 4.69) is 0 Å². The second-order valence-corrected chi connectivity index (χ2v) is 9.01. The van der Waals surface area contributed by atoms with Gasteiger partial charge in [0.15, 0.2) is 14.6 Å². The number of rotatable bonds is 9. The van der Waals surface area contributed by atoms with Crippen molar-refractivity contribution in [3.63, 3.8) is 0 Å². The molecule has 162 valence electrons. The number of benzene rings is 1. The minimum Gasteiger partial charge on any atom is -0.494 e. The van der Waals surface area contributed by atoms with E-state index in [1.54, 1.807) is 0 Å². The molecular formula is C18H26N2O8S. The summed E-state index contributed by atoms with van der Waals surface area (Å²) in [6, 6.07) is 5.69. The number of carbonyl (C=O) groups excluding carboxylic acids is 2. The fourth-order valence-electron chi connectivity index (χ4n) is 3.09. The van der Waals surface area contributed by atoms with Crippen LogP contribution in [0.25, 0.3) is 0 Å². The molecule has 0 aliphatic carbocycles. The van der Waals surface area contributed by atoms with Crippen LogP contribution in [0.4, 0.5) is 0 Å². The third kappa shape index (κ3) is 5.24. The van der Waals surface area contributed by atoms with Crippen LogP contribution in [0.15, 0.2) is 29.2 Å². The monoisotopic (exact) mass is 430 g/mol. The van der Waals surface area contributed by atoms with Crippen LogP contribution in [0.3, 0.4) is 0 Å². The topological polar surface area (TPSA) is 142 Å². The average molecular weight is 430 g/mol. The van der Waals surface area contributed by atoms with E-state index >= 15 is 0 Å². The largest absolute Gasteiger partial charge is 0.494 e. The van der Waals surface area contributed by atoms with Crippen LogP contribution in [0.5, 0.6) is 5.75 Å². The van der Waals surface area contributed by atoms with Gasteiger partial charge < -0.3 is 9.47 Å². The third-order valence-corrected chi connectivity index (χ3v) is 7.39.